The number of nitrogens with one attached hydrogen (secondary N) is 1. The van der Waals surface area contributed by atoms with Crippen molar-refractivity contribution in [3.63, 3.8) is 0 Å². The lowest BCUT2D eigenvalue weighted by Crippen LogP contribution is -2.30. The summed E-state index contributed by atoms with van der Waals surface area (Å²) in [5, 5.41) is 7.75. The minimum absolute atomic E-state index is 0.632. The van der Waals surface area contributed by atoms with Crippen molar-refractivity contribution in [3.05, 3.63) is 12.4 Å². The molecule has 0 spiro atoms. The van der Waals surface area contributed by atoms with E-state index < -0.39 is 0 Å². The molecule has 15 heavy (non-hydrogen) atoms. The van der Waals surface area contributed by atoms with Gasteiger partial charge in [-0.2, -0.15) is 5.10 Å². The van der Waals surface area contributed by atoms with Gasteiger partial charge in [0, 0.05) is 19.3 Å². The molecule has 3 heteroatoms. The minimum Gasteiger partial charge on any atom is -0.380 e. The third-order valence-corrected chi connectivity index (χ3v) is 3.25. The second kappa shape index (κ2) is 4.25. The lowest BCUT2D eigenvalue weighted by atomic mass is 9.80. The van der Waals surface area contributed by atoms with Crippen LogP contribution in [0.15, 0.2) is 12.4 Å². The minimum atomic E-state index is 0.632. The first kappa shape index (κ1) is 10.5. The van der Waals surface area contributed by atoms with Gasteiger partial charge in [-0.15, -0.1) is 0 Å². The van der Waals surface area contributed by atoms with Crippen LogP contribution in [0.5, 0.6) is 0 Å². The van der Waals surface area contributed by atoms with Crippen LogP contribution < -0.4 is 5.32 Å². The maximum absolute atomic E-state index is 4.17. The molecule has 0 saturated heterocycles. The Hall–Kier alpha value is -0.990. The van der Waals surface area contributed by atoms with Crippen LogP contribution in [0, 0.1) is 11.8 Å². The summed E-state index contributed by atoms with van der Waals surface area (Å²) in [6.07, 6.45) is 7.91. The Balaban J connectivity index is 1.94. The Morgan fingerprint density at radius 1 is 1.27 bits per heavy atom. The van der Waals surface area contributed by atoms with Crippen molar-refractivity contribution in [2.45, 2.75) is 39.2 Å². The highest BCUT2D eigenvalue weighted by atomic mass is 15.3. The lowest BCUT2D eigenvalue weighted by molar-refractivity contribution is 0.281. The second-order valence-electron chi connectivity index (χ2n) is 5.16. The molecule has 0 bridgehead atoms. The summed E-state index contributed by atoms with van der Waals surface area (Å²) in [5.74, 6) is 1.70. The summed E-state index contributed by atoms with van der Waals surface area (Å²) in [5.41, 5.74) is 1.16. The summed E-state index contributed by atoms with van der Waals surface area (Å²) in [4.78, 5) is 0. The van der Waals surface area contributed by atoms with E-state index in [1.54, 1.807) is 0 Å². The Kier molecular flexibility index (Phi) is 2.98. The van der Waals surface area contributed by atoms with Crippen LogP contribution >= 0.6 is 0 Å². The van der Waals surface area contributed by atoms with Crippen molar-refractivity contribution < 1.29 is 0 Å². The van der Waals surface area contributed by atoms with Gasteiger partial charge >= 0.3 is 0 Å². The highest BCUT2D eigenvalue weighted by molar-refractivity contribution is 5.39. The van der Waals surface area contributed by atoms with Gasteiger partial charge in [0.05, 0.1) is 11.9 Å². The van der Waals surface area contributed by atoms with Crippen LogP contribution in [0.2, 0.25) is 0 Å². The Bertz CT molecular complexity index is 308. The average molecular weight is 207 g/mol. The smallest absolute Gasteiger partial charge is 0.0728 e. The standard InChI is InChI=1S/C12H21N3/c1-9-4-10(2)6-11(5-9)14-12-7-13-15(3)8-12/h7-11,14H,4-6H2,1-3H3. The number of hydrogen-bond acceptors (Lipinski definition) is 2. The first-order valence-corrected chi connectivity index (χ1v) is 5.88. The van der Waals surface area contributed by atoms with E-state index in [1.807, 2.05) is 24.1 Å². The fourth-order valence-corrected chi connectivity index (χ4v) is 2.80. The van der Waals surface area contributed by atoms with E-state index in [4.69, 9.17) is 0 Å². The van der Waals surface area contributed by atoms with Crippen LogP contribution in [-0.4, -0.2) is 15.8 Å². The van der Waals surface area contributed by atoms with Gasteiger partial charge in [-0.05, 0) is 31.1 Å². The molecule has 0 aromatic carbocycles. The molecule has 1 N–H and O–H groups in total. The number of aryl methyl sites for hydroxylation is 1. The average Bonchev–Trinajstić information content (AvgIpc) is 2.49. The first-order valence-electron chi connectivity index (χ1n) is 5.88. The molecule has 2 rings (SSSR count). The zero-order valence-electron chi connectivity index (χ0n) is 9.90. The van der Waals surface area contributed by atoms with Crippen LogP contribution in [0.4, 0.5) is 5.69 Å². The second-order valence-corrected chi connectivity index (χ2v) is 5.16. The molecule has 1 aliphatic rings. The van der Waals surface area contributed by atoms with Crippen molar-refractivity contribution in [2.75, 3.05) is 5.32 Å². The molecule has 0 amide bonds. The molecule has 2 atom stereocenters. The Morgan fingerprint density at radius 2 is 1.93 bits per heavy atom. The molecular formula is C12H21N3. The maximum Gasteiger partial charge on any atom is 0.0728 e. The molecule has 1 aromatic rings. The van der Waals surface area contributed by atoms with Crippen LogP contribution in [-0.2, 0) is 7.05 Å². The van der Waals surface area contributed by atoms with Gasteiger partial charge in [0.2, 0.25) is 0 Å². The van der Waals surface area contributed by atoms with Gasteiger partial charge in [-0.1, -0.05) is 13.8 Å². The van der Waals surface area contributed by atoms with Gasteiger partial charge in [0.25, 0.3) is 0 Å². The third-order valence-electron chi connectivity index (χ3n) is 3.25. The zero-order valence-corrected chi connectivity index (χ0v) is 9.90. The molecule has 0 aliphatic heterocycles. The predicted octanol–water partition coefficient (Wildman–Crippen LogP) is 2.66. The molecular weight excluding hydrogens is 186 g/mol. The van der Waals surface area contributed by atoms with Gasteiger partial charge < -0.3 is 5.32 Å². The number of nitrogens with zero attached hydrogens (tertiary/aromatic N) is 2. The van der Waals surface area contributed by atoms with Gasteiger partial charge in [-0.3, -0.25) is 4.68 Å². The quantitative estimate of drug-likeness (QED) is 0.808. The number of aromatic nitrogens is 2. The van der Waals surface area contributed by atoms with E-state index in [1.165, 1.54) is 19.3 Å². The fraction of sp³-hybridized carbons (Fsp3) is 0.750. The summed E-state index contributed by atoms with van der Waals surface area (Å²) >= 11 is 0. The van der Waals surface area contributed by atoms with Crippen molar-refractivity contribution in [3.8, 4) is 0 Å². The molecule has 84 valence electrons. The van der Waals surface area contributed by atoms with E-state index in [9.17, 15) is 0 Å². The van der Waals surface area contributed by atoms with Crippen LogP contribution in [0.3, 0.4) is 0 Å². The largest absolute Gasteiger partial charge is 0.380 e. The summed E-state index contributed by atoms with van der Waals surface area (Å²) in [7, 11) is 1.96. The maximum atomic E-state index is 4.17. The highest BCUT2D eigenvalue weighted by Crippen LogP contribution is 2.30. The monoisotopic (exact) mass is 207 g/mol. The molecule has 3 nitrogen and oxygen atoms in total. The van der Waals surface area contributed by atoms with Gasteiger partial charge in [0.15, 0.2) is 0 Å². The van der Waals surface area contributed by atoms with Crippen LogP contribution in [0.25, 0.3) is 0 Å². The summed E-state index contributed by atoms with van der Waals surface area (Å²) in [6.45, 7) is 4.71. The van der Waals surface area contributed by atoms with Crippen LogP contribution in [0.1, 0.15) is 33.1 Å². The van der Waals surface area contributed by atoms with E-state index in [0.29, 0.717) is 6.04 Å². The number of anilines is 1. The Morgan fingerprint density at radius 3 is 2.47 bits per heavy atom. The molecule has 1 heterocycles. The third kappa shape index (κ3) is 2.74. The topological polar surface area (TPSA) is 29.9 Å². The summed E-state index contributed by atoms with van der Waals surface area (Å²) < 4.78 is 1.85. The summed E-state index contributed by atoms with van der Waals surface area (Å²) in [6, 6.07) is 0.632. The zero-order chi connectivity index (χ0) is 10.8. The van der Waals surface area contributed by atoms with Crippen molar-refractivity contribution in [2.24, 2.45) is 18.9 Å². The van der Waals surface area contributed by atoms with E-state index >= 15 is 0 Å². The van der Waals surface area contributed by atoms with Crippen molar-refractivity contribution in [1.29, 1.82) is 0 Å². The van der Waals surface area contributed by atoms with Gasteiger partial charge in [-0.25, -0.2) is 0 Å². The SMILES string of the molecule is CC1CC(C)CC(Nc2cnn(C)c2)C1. The molecule has 1 aromatic heterocycles. The number of hydrogen-bond donors (Lipinski definition) is 1. The molecule has 2 unspecified atom stereocenters. The predicted molar refractivity (Wildman–Crippen MR) is 62.8 cm³/mol. The normalized spacial score (nSPS) is 31.5. The van der Waals surface area contributed by atoms with E-state index in [0.717, 1.165) is 17.5 Å². The van der Waals surface area contributed by atoms with Crippen molar-refractivity contribution >= 4 is 5.69 Å². The van der Waals surface area contributed by atoms with Crippen molar-refractivity contribution in [1.82, 2.24) is 9.78 Å². The van der Waals surface area contributed by atoms with E-state index in [-0.39, 0.29) is 0 Å². The molecule has 1 fully saturated rings. The Labute approximate surface area is 91.9 Å². The lowest BCUT2D eigenvalue weighted by Gasteiger charge is -2.32. The molecule has 0 radical (unpaired) electrons. The van der Waals surface area contributed by atoms with E-state index in [2.05, 4.69) is 24.3 Å². The molecule has 1 saturated carbocycles. The first-order chi connectivity index (χ1) is 7.13. The van der Waals surface area contributed by atoms with Gasteiger partial charge in [0.1, 0.15) is 0 Å². The fourth-order valence-electron chi connectivity index (χ4n) is 2.80. The number of rotatable bonds is 2. The highest BCUT2D eigenvalue weighted by Gasteiger charge is 2.23. The molecule has 1 aliphatic carbocycles.